The van der Waals surface area contributed by atoms with Crippen LogP contribution < -0.4 is 15.0 Å². The zero-order valence-electron chi connectivity index (χ0n) is 15.2. The molecule has 29 heavy (non-hydrogen) atoms. The third kappa shape index (κ3) is 3.63. The second-order valence-corrected chi connectivity index (χ2v) is 7.09. The number of ether oxygens (including phenoxy) is 1. The number of halogens is 3. The van der Waals surface area contributed by atoms with Crippen LogP contribution in [0.5, 0.6) is 5.75 Å². The molecule has 4 rings (SSSR count). The van der Waals surface area contributed by atoms with E-state index >= 15 is 0 Å². The Morgan fingerprint density at radius 2 is 1.76 bits per heavy atom. The number of urea groups is 1. The molecule has 1 atom stereocenters. The minimum absolute atomic E-state index is 0.130. The van der Waals surface area contributed by atoms with E-state index in [1.807, 2.05) is 30.3 Å². The van der Waals surface area contributed by atoms with E-state index in [0.29, 0.717) is 17.0 Å². The first-order valence-corrected chi connectivity index (χ1v) is 9.12. The van der Waals surface area contributed by atoms with Gasteiger partial charge in [0.05, 0.1) is 23.9 Å². The highest BCUT2D eigenvalue weighted by atomic mass is 35.5. The van der Waals surface area contributed by atoms with Gasteiger partial charge in [0.1, 0.15) is 5.75 Å². The summed E-state index contributed by atoms with van der Waals surface area (Å²) >= 11 is 4.77. The van der Waals surface area contributed by atoms with E-state index in [1.165, 1.54) is 34.1 Å². The van der Waals surface area contributed by atoms with Gasteiger partial charge >= 0.3 is 11.6 Å². The van der Waals surface area contributed by atoms with Gasteiger partial charge in [-0.15, -0.1) is 8.78 Å². The van der Waals surface area contributed by atoms with Crippen molar-refractivity contribution in [2.75, 3.05) is 18.5 Å². The van der Waals surface area contributed by atoms with Crippen molar-refractivity contribution in [1.29, 1.82) is 0 Å². The first-order chi connectivity index (χ1) is 13.7. The second kappa shape index (κ2) is 7.04. The van der Waals surface area contributed by atoms with E-state index in [-0.39, 0.29) is 24.2 Å². The van der Waals surface area contributed by atoms with E-state index in [4.69, 9.17) is 11.6 Å². The Morgan fingerprint density at radius 3 is 2.38 bits per heavy atom. The van der Waals surface area contributed by atoms with Gasteiger partial charge in [0, 0.05) is 24.3 Å². The van der Waals surface area contributed by atoms with Crippen LogP contribution in [-0.2, 0) is 4.79 Å². The van der Waals surface area contributed by atoms with Crippen molar-refractivity contribution in [2.45, 2.75) is 11.6 Å². The fraction of sp³-hybridized carbons (Fsp3) is 0.200. The largest absolute Gasteiger partial charge is 0.487 e. The summed E-state index contributed by atoms with van der Waals surface area (Å²) in [4.78, 5) is 28.5. The van der Waals surface area contributed by atoms with Crippen molar-refractivity contribution in [1.82, 2.24) is 10.2 Å². The third-order valence-corrected chi connectivity index (χ3v) is 4.95. The van der Waals surface area contributed by atoms with Crippen LogP contribution in [0.1, 0.15) is 11.6 Å². The number of hydrogen-bond acceptors (Lipinski definition) is 3. The summed E-state index contributed by atoms with van der Waals surface area (Å²) < 4.78 is 29.9. The molecule has 2 aliphatic rings. The maximum Gasteiger partial charge on any atom is 0.487 e. The normalized spacial score (nSPS) is 19.4. The molecule has 150 valence electrons. The third-order valence-electron chi connectivity index (χ3n) is 4.88. The van der Waals surface area contributed by atoms with E-state index in [9.17, 15) is 18.4 Å². The molecule has 9 heteroatoms. The number of rotatable bonds is 4. The number of amides is 3. The lowest BCUT2D eigenvalue weighted by molar-refractivity contribution is -0.114. The summed E-state index contributed by atoms with van der Waals surface area (Å²) in [6.45, 7) is 0.188. The lowest BCUT2D eigenvalue weighted by Crippen LogP contribution is -2.45. The summed E-state index contributed by atoms with van der Waals surface area (Å²) in [6, 6.07) is 13.9. The molecule has 2 heterocycles. The molecule has 2 aromatic rings. The summed E-state index contributed by atoms with van der Waals surface area (Å²) in [7, 11) is 1.60. The Kier molecular flexibility index (Phi) is 4.66. The van der Waals surface area contributed by atoms with Crippen LogP contribution in [0, 0.1) is 0 Å². The molecule has 0 fully saturated rings. The van der Waals surface area contributed by atoms with Gasteiger partial charge in [-0.1, -0.05) is 30.3 Å². The van der Waals surface area contributed by atoms with Crippen LogP contribution in [0.2, 0.25) is 0 Å². The quantitative estimate of drug-likeness (QED) is 0.766. The van der Waals surface area contributed by atoms with E-state index in [2.05, 4.69) is 10.1 Å². The first-order valence-electron chi connectivity index (χ1n) is 8.74. The van der Waals surface area contributed by atoms with Gasteiger partial charge in [0.25, 0.3) is 5.91 Å². The Morgan fingerprint density at radius 1 is 1.10 bits per heavy atom. The van der Waals surface area contributed by atoms with Crippen molar-refractivity contribution < 1.29 is 23.1 Å². The van der Waals surface area contributed by atoms with Gasteiger partial charge in [0.2, 0.25) is 0 Å². The van der Waals surface area contributed by atoms with Crippen LogP contribution >= 0.6 is 11.6 Å². The van der Waals surface area contributed by atoms with Crippen molar-refractivity contribution in [3.8, 4) is 5.75 Å². The molecule has 0 saturated heterocycles. The molecule has 0 radical (unpaired) electrons. The lowest BCUT2D eigenvalue weighted by atomic mass is 9.96. The maximum absolute atomic E-state index is 13.2. The highest BCUT2D eigenvalue weighted by Crippen LogP contribution is 2.38. The Bertz CT molecular complexity index is 990. The molecule has 0 unspecified atom stereocenters. The van der Waals surface area contributed by atoms with E-state index in [1.54, 1.807) is 7.05 Å². The molecular formula is C20H16ClF2N3O3. The van der Waals surface area contributed by atoms with Crippen molar-refractivity contribution in [3.63, 3.8) is 0 Å². The van der Waals surface area contributed by atoms with E-state index in [0.717, 1.165) is 5.56 Å². The summed E-state index contributed by atoms with van der Waals surface area (Å²) in [5.41, 5.74) is -1.46. The number of nitrogens with zero attached hydrogens (tertiary/aromatic N) is 2. The minimum Gasteiger partial charge on any atom is -0.420 e. The Balaban J connectivity index is 1.64. The summed E-state index contributed by atoms with van der Waals surface area (Å²) in [5.74, 6) is -0.397. The lowest BCUT2D eigenvalue weighted by Gasteiger charge is -2.31. The number of carbonyl (C=O) groups excluding carboxylic acids is 2. The number of alkyl halides is 3. The molecular weight excluding hydrogens is 404 g/mol. The summed E-state index contributed by atoms with van der Waals surface area (Å²) in [6.07, 6.45) is 0. The van der Waals surface area contributed by atoms with Crippen LogP contribution in [0.25, 0.3) is 0 Å². The molecule has 6 nitrogen and oxygen atoms in total. The molecule has 3 amide bonds. The van der Waals surface area contributed by atoms with Crippen LogP contribution in [0.4, 0.5) is 19.3 Å². The standard InChI is InChI=1S/C20H16ClF2N3O3/c1-25-15-11-26(13-7-9-14(10-8-13)29-20(21,22)23)18(27)16(15)17(24-19(25)28)12-5-3-2-4-6-12/h2-10,17H,11H2,1H3,(H,24,28)/t17-/m1/s1. The molecule has 0 bridgehead atoms. The fourth-order valence-electron chi connectivity index (χ4n) is 3.50. The Labute approximate surface area is 170 Å². The highest BCUT2D eigenvalue weighted by molar-refractivity contribution is 6.20. The molecule has 0 aliphatic carbocycles. The van der Waals surface area contributed by atoms with Gasteiger partial charge in [-0.05, 0) is 29.8 Å². The zero-order chi connectivity index (χ0) is 20.8. The van der Waals surface area contributed by atoms with Crippen LogP contribution in [0.15, 0.2) is 65.9 Å². The molecule has 0 spiro atoms. The zero-order valence-corrected chi connectivity index (χ0v) is 16.0. The van der Waals surface area contributed by atoms with Gasteiger partial charge in [-0.25, -0.2) is 4.79 Å². The molecule has 2 aliphatic heterocycles. The van der Waals surface area contributed by atoms with Gasteiger partial charge < -0.3 is 15.0 Å². The Hall–Kier alpha value is -3.13. The minimum atomic E-state index is -3.82. The molecule has 0 saturated carbocycles. The van der Waals surface area contributed by atoms with Crippen LogP contribution in [0.3, 0.4) is 0 Å². The first kappa shape index (κ1) is 19.2. The predicted octanol–water partition coefficient (Wildman–Crippen LogP) is 3.85. The number of anilines is 1. The van der Waals surface area contributed by atoms with E-state index < -0.39 is 11.6 Å². The number of likely N-dealkylation sites (N-methyl/N-ethyl adjacent to an activating group) is 1. The van der Waals surface area contributed by atoms with Crippen molar-refractivity contribution in [3.05, 3.63) is 71.4 Å². The smallest absolute Gasteiger partial charge is 0.420 e. The average molecular weight is 420 g/mol. The molecule has 2 aromatic carbocycles. The maximum atomic E-state index is 13.2. The van der Waals surface area contributed by atoms with Crippen molar-refractivity contribution in [2.24, 2.45) is 0 Å². The number of benzene rings is 2. The van der Waals surface area contributed by atoms with Gasteiger partial charge in [-0.2, -0.15) is 0 Å². The number of hydrogen-bond donors (Lipinski definition) is 1. The second-order valence-electron chi connectivity index (χ2n) is 6.65. The van der Waals surface area contributed by atoms with Crippen molar-refractivity contribution >= 4 is 29.2 Å². The molecule has 0 aromatic heterocycles. The summed E-state index contributed by atoms with van der Waals surface area (Å²) in [5, 5.41) is 2.85. The topological polar surface area (TPSA) is 61.9 Å². The number of nitrogens with one attached hydrogen (secondary N) is 1. The van der Waals surface area contributed by atoms with Gasteiger partial charge in [0.15, 0.2) is 0 Å². The predicted molar refractivity (Wildman–Crippen MR) is 103 cm³/mol. The average Bonchev–Trinajstić information content (AvgIpc) is 3.02. The number of carbonyl (C=O) groups is 2. The SMILES string of the molecule is CN1C(=O)N[C@H](c2ccccc2)C2=C1CN(c1ccc(OC(F)(F)Cl)cc1)C2=O. The fourth-order valence-corrected chi connectivity index (χ4v) is 3.59. The monoisotopic (exact) mass is 419 g/mol. The molecule has 1 N–H and O–H groups in total. The highest BCUT2D eigenvalue weighted by Gasteiger charge is 2.43. The van der Waals surface area contributed by atoms with Gasteiger partial charge in [-0.3, -0.25) is 9.69 Å². The van der Waals surface area contributed by atoms with Crippen LogP contribution in [-0.4, -0.2) is 36.0 Å².